The topological polar surface area (TPSA) is 197 Å². The number of methoxy groups -OCH3 is 1. The summed E-state index contributed by atoms with van der Waals surface area (Å²) in [6.07, 6.45) is 5.00. The Morgan fingerprint density at radius 3 is 2.39 bits per heavy atom. The van der Waals surface area contributed by atoms with Crippen LogP contribution in [0.25, 0.3) is 0 Å². The lowest BCUT2D eigenvalue weighted by Gasteiger charge is -2.25. The van der Waals surface area contributed by atoms with Crippen LogP contribution in [0, 0.1) is 0 Å². The molecule has 2 aromatic carbocycles. The third-order valence-electron chi connectivity index (χ3n) is 10.9. The van der Waals surface area contributed by atoms with Crippen molar-refractivity contribution in [2.75, 3.05) is 20.3 Å². The minimum absolute atomic E-state index is 0.00283. The fourth-order valence-corrected chi connectivity index (χ4v) is 7.55. The van der Waals surface area contributed by atoms with Crippen molar-refractivity contribution < 1.29 is 38.2 Å². The van der Waals surface area contributed by atoms with Crippen LogP contribution >= 0.6 is 0 Å². The molecule has 2 bridgehead atoms. The second kappa shape index (κ2) is 16.4. The van der Waals surface area contributed by atoms with E-state index in [1.807, 2.05) is 35.2 Å². The zero-order valence-corrected chi connectivity index (χ0v) is 31.5. The molecule has 15 heteroatoms. The highest BCUT2D eigenvalue weighted by molar-refractivity contribution is 6.04. The number of carbonyl (C=O) groups excluding carboxylic acids is 6. The van der Waals surface area contributed by atoms with Gasteiger partial charge >= 0.3 is 0 Å². The van der Waals surface area contributed by atoms with Crippen molar-refractivity contribution in [1.29, 1.82) is 0 Å². The average molecular weight is 766 g/mol. The third kappa shape index (κ3) is 8.46. The quantitative estimate of drug-likeness (QED) is 0.232. The first-order valence-electron chi connectivity index (χ1n) is 19.2. The summed E-state index contributed by atoms with van der Waals surface area (Å²) in [5, 5.41) is 14.0. The molecule has 0 unspecified atom stereocenters. The van der Waals surface area contributed by atoms with E-state index in [4.69, 9.17) is 9.47 Å². The van der Waals surface area contributed by atoms with E-state index in [2.05, 4.69) is 31.6 Å². The van der Waals surface area contributed by atoms with Crippen LogP contribution in [0.1, 0.15) is 83.0 Å². The van der Waals surface area contributed by atoms with Gasteiger partial charge in [0.2, 0.25) is 29.5 Å². The van der Waals surface area contributed by atoms with E-state index in [-0.39, 0.29) is 55.3 Å². The molecule has 294 valence electrons. The maximum Gasteiger partial charge on any atom is 0.257 e. The van der Waals surface area contributed by atoms with Gasteiger partial charge in [0.1, 0.15) is 41.6 Å². The summed E-state index contributed by atoms with van der Waals surface area (Å²) >= 11 is 0. The Balaban J connectivity index is 1.13. The SMILES string of the molecule is COc1nc2c(cc1C(=O)N[C@H]1Cc3ccc(cc3)OCCNC(=O)C3(CC3)NC(=O)[C@@H](Cc3ccccc3)NC(=O)[C@H](C)NC1=O)C(=O)N(C1CCCC1)C2. The molecular weight excluding hydrogens is 718 g/mol. The van der Waals surface area contributed by atoms with Crippen LogP contribution < -0.4 is 36.1 Å². The Kier molecular flexibility index (Phi) is 11.2. The summed E-state index contributed by atoms with van der Waals surface area (Å²) in [6.45, 7) is 2.18. The first-order valence-corrected chi connectivity index (χ1v) is 19.2. The monoisotopic (exact) mass is 765 g/mol. The molecule has 6 amide bonds. The van der Waals surface area contributed by atoms with Crippen LogP contribution in [0.15, 0.2) is 60.7 Å². The van der Waals surface area contributed by atoms with Crippen LogP contribution in [0.3, 0.4) is 0 Å². The van der Waals surface area contributed by atoms with Crippen LogP contribution in [-0.2, 0) is 38.6 Å². The molecule has 2 fully saturated rings. The molecule has 2 saturated carbocycles. The molecule has 5 N–H and O–H groups in total. The van der Waals surface area contributed by atoms with E-state index in [9.17, 15) is 28.8 Å². The van der Waals surface area contributed by atoms with E-state index < -0.39 is 47.3 Å². The number of aromatic nitrogens is 1. The highest BCUT2D eigenvalue weighted by atomic mass is 16.5. The third-order valence-corrected chi connectivity index (χ3v) is 10.9. The standard InChI is InChI=1S/C41H47N7O8/c1-24-34(49)44-32(20-25-8-4-3-5-9-25)37(52)47-41(16-17-41)40(54)42-18-19-56-28-14-12-26(13-15-28)21-31(36(51)43-24)45-35(50)30-22-29-33(46-38(30)55-2)23-48(39(29)53)27-10-6-7-11-27/h3-5,8-9,12-15,22,24,27,31-32H,6-7,10-11,16-21,23H2,1-2H3,(H,42,54)(H,43,51)(H,44,49)(H,45,50)(H,47,52)/t24-,31-,32+/m0/s1. The first kappa shape index (κ1) is 38.3. The number of amides is 6. The molecule has 4 heterocycles. The molecule has 0 radical (unpaired) electrons. The second-order valence-corrected chi connectivity index (χ2v) is 14.9. The number of ether oxygens (including phenoxy) is 2. The van der Waals surface area contributed by atoms with Gasteiger partial charge in [-0.05, 0) is 61.9 Å². The minimum Gasteiger partial charge on any atom is -0.492 e. The van der Waals surface area contributed by atoms with Crippen LogP contribution in [-0.4, -0.2) is 95.3 Å². The van der Waals surface area contributed by atoms with Gasteiger partial charge in [0.25, 0.3) is 11.8 Å². The maximum absolute atomic E-state index is 14.0. The predicted molar refractivity (Wildman–Crippen MR) is 203 cm³/mol. The van der Waals surface area contributed by atoms with Crippen molar-refractivity contribution in [2.45, 2.75) is 94.5 Å². The molecule has 1 aromatic heterocycles. The maximum atomic E-state index is 14.0. The van der Waals surface area contributed by atoms with Crippen molar-refractivity contribution >= 4 is 35.4 Å². The summed E-state index contributed by atoms with van der Waals surface area (Å²) in [5.74, 6) is -2.50. The van der Waals surface area contributed by atoms with E-state index >= 15 is 0 Å². The number of rotatable bonds is 6. The molecule has 8 rings (SSSR count). The Labute approximate surface area is 324 Å². The summed E-state index contributed by atoms with van der Waals surface area (Å²) in [7, 11) is 1.39. The predicted octanol–water partition coefficient (Wildman–Crippen LogP) is 1.72. The van der Waals surface area contributed by atoms with Gasteiger partial charge in [-0.1, -0.05) is 55.3 Å². The van der Waals surface area contributed by atoms with Gasteiger partial charge < -0.3 is 41.0 Å². The fourth-order valence-electron chi connectivity index (χ4n) is 7.55. The number of hydrogen-bond acceptors (Lipinski definition) is 9. The number of benzene rings is 2. The minimum atomic E-state index is -1.19. The largest absolute Gasteiger partial charge is 0.492 e. The highest BCUT2D eigenvalue weighted by Crippen LogP contribution is 2.36. The van der Waals surface area contributed by atoms with Crippen LogP contribution in [0.2, 0.25) is 0 Å². The molecule has 1 spiro atoms. The van der Waals surface area contributed by atoms with E-state index in [0.717, 1.165) is 31.2 Å². The summed E-state index contributed by atoms with van der Waals surface area (Å²) in [6, 6.07) is 14.3. The zero-order chi connectivity index (χ0) is 39.4. The highest BCUT2D eigenvalue weighted by Gasteiger charge is 2.52. The van der Waals surface area contributed by atoms with Crippen LogP contribution in [0.4, 0.5) is 0 Å². The first-order chi connectivity index (χ1) is 27.0. The summed E-state index contributed by atoms with van der Waals surface area (Å²) in [4.78, 5) is 88.4. The number of nitrogens with one attached hydrogen (secondary N) is 5. The van der Waals surface area contributed by atoms with Crippen molar-refractivity contribution in [2.24, 2.45) is 0 Å². The number of carbonyl (C=O) groups is 6. The van der Waals surface area contributed by atoms with Gasteiger partial charge in [-0.2, -0.15) is 0 Å². The van der Waals surface area contributed by atoms with Gasteiger partial charge in [-0.15, -0.1) is 0 Å². The lowest BCUT2D eigenvalue weighted by molar-refractivity contribution is -0.134. The lowest BCUT2D eigenvalue weighted by atomic mass is 10.0. The number of nitrogens with zero attached hydrogens (tertiary/aromatic N) is 2. The molecule has 3 aromatic rings. The Morgan fingerprint density at radius 2 is 1.70 bits per heavy atom. The smallest absolute Gasteiger partial charge is 0.257 e. The van der Waals surface area contributed by atoms with Crippen molar-refractivity contribution in [3.8, 4) is 11.6 Å². The number of pyridine rings is 1. The van der Waals surface area contributed by atoms with Crippen molar-refractivity contribution in [3.63, 3.8) is 0 Å². The average Bonchev–Trinajstić information content (AvgIpc) is 3.63. The summed E-state index contributed by atoms with van der Waals surface area (Å²) < 4.78 is 11.3. The van der Waals surface area contributed by atoms with Crippen molar-refractivity contribution in [1.82, 2.24) is 36.5 Å². The normalized spacial score (nSPS) is 23.0. The molecular formula is C41H47N7O8. The Morgan fingerprint density at radius 1 is 0.964 bits per heavy atom. The molecule has 56 heavy (non-hydrogen) atoms. The number of hydrogen-bond donors (Lipinski definition) is 5. The molecule has 0 saturated heterocycles. The second-order valence-electron chi connectivity index (χ2n) is 14.9. The van der Waals surface area contributed by atoms with E-state index in [1.165, 1.54) is 20.1 Å². The fraction of sp³-hybridized carbons (Fsp3) is 0.439. The van der Waals surface area contributed by atoms with Gasteiger partial charge in [0, 0.05) is 18.9 Å². The molecule has 3 aliphatic heterocycles. The van der Waals surface area contributed by atoms with Gasteiger partial charge in [-0.25, -0.2) is 4.98 Å². The molecule has 2 aliphatic carbocycles. The molecule has 5 aliphatic rings. The lowest BCUT2D eigenvalue weighted by Crippen LogP contribution is -2.59. The van der Waals surface area contributed by atoms with Gasteiger partial charge in [0.05, 0.1) is 31.5 Å². The van der Waals surface area contributed by atoms with Gasteiger partial charge in [-0.3, -0.25) is 28.8 Å². The summed E-state index contributed by atoms with van der Waals surface area (Å²) in [5.41, 5.74) is 1.22. The Hall–Kier alpha value is -5.99. The van der Waals surface area contributed by atoms with Crippen molar-refractivity contribution in [3.05, 3.63) is 88.6 Å². The number of fused-ring (bicyclic) bond motifs is 16. The Bertz CT molecular complexity index is 2000. The van der Waals surface area contributed by atoms with Gasteiger partial charge in [0.15, 0.2) is 0 Å². The van der Waals surface area contributed by atoms with E-state index in [1.54, 1.807) is 24.3 Å². The van der Waals surface area contributed by atoms with Crippen LogP contribution in [0.5, 0.6) is 11.6 Å². The van der Waals surface area contributed by atoms with E-state index in [0.29, 0.717) is 42.0 Å². The molecule has 3 atom stereocenters. The zero-order valence-electron chi connectivity index (χ0n) is 31.5. The molecule has 15 nitrogen and oxygen atoms in total.